The summed E-state index contributed by atoms with van der Waals surface area (Å²) in [5.74, 6) is 1.24. The van der Waals surface area contributed by atoms with Crippen LogP contribution in [-0.2, 0) is 0 Å². The van der Waals surface area contributed by atoms with Crippen molar-refractivity contribution in [3.8, 4) is 5.75 Å². The SMILES string of the molecule is O=[N+]([O-])c1ccccc1Nc1cccc(OC2=CC=CC(Nc3ccccc3[N+](=O)[O-])C2)c1. The van der Waals surface area contributed by atoms with Gasteiger partial charge in [0.25, 0.3) is 11.4 Å². The van der Waals surface area contributed by atoms with E-state index in [9.17, 15) is 20.2 Å². The molecule has 4 rings (SSSR count). The minimum absolute atomic E-state index is 0.0108. The quantitative estimate of drug-likeness (QED) is 0.325. The fourth-order valence-corrected chi connectivity index (χ4v) is 3.46. The van der Waals surface area contributed by atoms with Crippen LogP contribution < -0.4 is 15.4 Å². The van der Waals surface area contributed by atoms with Crippen LogP contribution in [0.2, 0.25) is 0 Å². The summed E-state index contributed by atoms with van der Waals surface area (Å²) in [5.41, 5.74) is 1.45. The first-order valence-electron chi connectivity index (χ1n) is 10.2. The van der Waals surface area contributed by atoms with Crippen molar-refractivity contribution in [2.75, 3.05) is 10.6 Å². The molecule has 0 saturated carbocycles. The lowest BCUT2D eigenvalue weighted by atomic mass is 10.1. The second-order valence-corrected chi connectivity index (χ2v) is 7.28. The van der Waals surface area contributed by atoms with Gasteiger partial charge in [-0.1, -0.05) is 42.5 Å². The predicted octanol–water partition coefficient (Wildman–Crippen LogP) is 5.95. The van der Waals surface area contributed by atoms with Gasteiger partial charge in [-0.05, 0) is 30.3 Å². The first-order chi connectivity index (χ1) is 16.0. The van der Waals surface area contributed by atoms with E-state index < -0.39 is 9.85 Å². The maximum atomic E-state index is 11.3. The zero-order chi connectivity index (χ0) is 23.2. The number of nitrogens with one attached hydrogen (secondary N) is 2. The minimum Gasteiger partial charge on any atom is -0.462 e. The number of allylic oxidation sites excluding steroid dienone is 2. The fourth-order valence-electron chi connectivity index (χ4n) is 3.46. The van der Waals surface area contributed by atoms with Gasteiger partial charge in [-0.3, -0.25) is 20.2 Å². The van der Waals surface area contributed by atoms with Crippen LogP contribution in [0.1, 0.15) is 6.42 Å². The third kappa shape index (κ3) is 5.34. The number of rotatable bonds is 8. The highest BCUT2D eigenvalue weighted by Gasteiger charge is 2.18. The molecule has 166 valence electrons. The van der Waals surface area contributed by atoms with Gasteiger partial charge in [0.1, 0.15) is 22.9 Å². The average Bonchev–Trinajstić information content (AvgIpc) is 2.80. The second kappa shape index (κ2) is 9.65. The van der Waals surface area contributed by atoms with Gasteiger partial charge in [-0.2, -0.15) is 0 Å². The molecular formula is C24H20N4O5. The summed E-state index contributed by atoms with van der Waals surface area (Å²) in [6.07, 6.45) is 6.07. The number of nitro groups is 2. The lowest BCUT2D eigenvalue weighted by molar-refractivity contribution is -0.384. The van der Waals surface area contributed by atoms with Crippen molar-refractivity contribution in [2.24, 2.45) is 0 Å². The van der Waals surface area contributed by atoms with Crippen LogP contribution in [0.4, 0.5) is 28.4 Å². The number of nitrogens with zero attached hydrogens (tertiary/aromatic N) is 2. The molecule has 3 aromatic carbocycles. The van der Waals surface area contributed by atoms with Gasteiger partial charge in [-0.25, -0.2) is 0 Å². The van der Waals surface area contributed by atoms with E-state index in [0.717, 1.165) is 0 Å². The Morgan fingerprint density at radius 1 is 0.848 bits per heavy atom. The van der Waals surface area contributed by atoms with Crippen molar-refractivity contribution in [1.82, 2.24) is 0 Å². The Bertz CT molecular complexity index is 1250. The molecule has 0 heterocycles. The molecule has 1 unspecified atom stereocenters. The molecule has 1 aliphatic carbocycles. The van der Waals surface area contributed by atoms with E-state index in [2.05, 4.69) is 10.6 Å². The zero-order valence-corrected chi connectivity index (χ0v) is 17.4. The molecule has 3 aromatic rings. The molecule has 9 nitrogen and oxygen atoms in total. The molecule has 0 fully saturated rings. The highest BCUT2D eigenvalue weighted by Crippen LogP contribution is 2.30. The van der Waals surface area contributed by atoms with Gasteiger partial charge in [0, 0.05) is 30.3 Å². The van der Waals surface area contributed by atoms with Crippen LogP contribution in [0.25, 0.3) is 0 Å². The Morgan fingerprint density at radius 2 is 1.52 bits per heavy atom. The Labute approximate surface area is 189 Å². The Hall–Kier alpha value is -4.66. The van der Waals surface area contributed by atoms with Crippen LogP contribution in [0.3, 0.4) is 0 Å². The molecular weight excluding hydrogens is 424 g/mol. The normalized spacial score (nSPS) is 14.8. The van der Waals surface area contributed by atoms with Gasteiger partial charge in [-0.15, -0.1) is 0 Å². The molecule has 0 aliphatic heterocycles. The molecule has 0 spiro atoms. The summed E-state index contributed by atoms with van der Waals surface area (Å²) in [4.78, 5) is 21.6. The van der Waals surface area contributed by atoms with Crippen LogP contribution >= 0.6 is 0 Å². The number of nitro benzene ring substituents is 2. The molecule has 33 heavy (non-hydrogen) atoms. The molecule has 9 heteroatoms. The predicted molar refractivity (Wildman–Crippen MR) is 126 cm³/mol. The number of hydrogen-bond donors (Lipinski definition) is 2. The Morgan fingerprint density at radius 3 is 2.24 bits per heavy atom. The molecule has 1 atom stereocenters. The summed E-state index contributed by atoms with van der Waals surface area (Å²) in [5, 5.41) is 28.7. The van der Waals surface area contributed by atoms with Crippen LogP contribution in [0.5, 0.6) is 5.75 Å². The van der Waals surface area contributed by atoms with E-state index in [4.69, 9.17) is 4.74 Å². The van der Waals surface area contributed by atoms with Crippen molar-refractivity contribution < 1.29 is 14.6 Å². The van der Waals surface area contributed by atoms with Crippen molar-refractivity contribution in [2.45, 2.75) is 12.5 Å². The minimum atomic E-state index is -0.438. The Kier molecular flexibility index (Phi) is 6.31. The van der Waals surface area contributed by atoms with Crippen molar-refractivity contribution >= 4 is 28.4 Å². The van der Waals surface area contributed by atoms with Gasteiger partial charge in [0.2, 0.25) is 0 Å². The largest absolute Gasteiger partial charge is 0.462 e. The summed E-state index contributed by atoms with van der Waals surface area (Å²) in [6, 6.07) is 19.8. The van der Waals surface area contributed by atoms with E-state index in [0.29, 0.717) is 35.0 Å². The van der Waals surface area contributed by atoms with Crippen molar-refractivity contribution in [1.29, 1.82) is 0 Å². The molecule has 0 bridgehead atoms. The first-order valence-corrected chi connectivity index (χ1v) is 10.2. The molecule has 0 aromatic heterocycles. The smallest absolute Gasteiger partial charge is 0.292 e. The summed E-state index contributed by atoms with van der Waals surface area (Å²) < 4.78 is 6.02. The maximum Gasteiger partial charge on any atom is 0.292 e. The van der Waals surface area contributed by atoms with E-state index in [1.807, 2.05) is 18.2 Å². The molecule has 0 saturated heterocycles. The average molecular weight is 444 g/mol. The monoisotopic (exact) mass is 444 g/mol. The maximum absolute atomic E-state index is 11.3. The molecule has 2 N–H and O–H groups in total. The van der Waals surface area contributed by atoms with Crippen LogP contribution in [0, 0.1) is 20.2 Å². The van der Waals surface area contributed by atoms with Crippen LogP contribution in [-0.4, -0.2) is 15.9 Å². The molecule has 0 radical (unpaired) electrons. The lowest BCUT2D eigenvalue weighted by Crippen LogP contribution is -2.21. The van der Waals surface area contributed by atoms with Gasteiger partial charge >= 0.3 is 0 Å². The van der Waals surface area contributed by atoms with Crippen molar-refractivity contribution in [3.63, 3.8) is 0 Å². The number of hydrogen-bond acceptors (Lipinski definition) is 7. The summed E-state index contributed by atoms with van der Waals surface area (Å²) in [6.45, 7) is 0. The highest BCUT2D eigenvalue weighted by atomic mass is 16.6. The standard InChI is InChI=1S/C24H20N4O5/c29-27(30)23-13-3-1-11-21(23)25-17-7-5-9-19(15-17)33-20-10-6-8-18(16-20)26-22-12-2-4-14-24(22)28(31)32/h1-15,18,25-26H,16H2. The van der Waals surface area contributed by atoms with Gasteiger partial charge in [0.05, 0.1) is 15.9 Å². The van der Waals surface area contributed by atoms with E-state index in [-0.39, 0.29) is 17.4 Å². The van der Waals surface area contributed by atoms with Gasteiger partial charge < -0.3 is 15.4 Å². The number of para-hydroxylation sites is 4. The molecule has 1 aliphatic rings. The fraction of sp³-hybridized carbons (Fsp3) is 0.0833. The summed E-state index contributed by atoms with van der Waals surface area (Å²) in [7, 11) is 0. The van der Waals surface area contributed by atoms with Crippen LogP contribution in [0.15, 0.2) is 96.8 Å². The van der Waals surface area contributed by atoms with Gasteiger partial charge in [0.15, 0.2) is 0 Å². The summed E-state index contributed by atoms with van der Waals surface area (Å²) >= 11 is 0. The van der Waals surface area contributed by atoms with E-state index >= 15 is 0 Å². The van der Waals surface area contributed by atoms with E-state index in [1.54, 1.807) is 60.7 Å². The third-order valence-electron chi connectivity index (χ3n) is 4.95. The van der Waals surface area contributed by atoms with E-state index in [1.165, 1.54) is 12.1 Å². The third-order valence-corrected chi connectivity index (χ3v) is 4.95. The molecule has 0 amide bonds. The first kappa shape index (κ1) is 21.6. The topological polar surface area (TPSA) is 120 Å². The zero-order valence-electron chi connectivity index (χ0n) is 17.4. The van der Waals surface area contributed by atoms with Crippen molar-refractivity contribution in [3.05, 3.63) is 117 Å². The highest BCUT2D eigenvalue weighted by molar-refractivity contribution is 5.70. The number of anilines is 3. The number of ether oxygens (including phenoxy) is 1. The number of benzene rings is 3. The Balaban J connectivity index is 1.44. The second-order valence-electron chi connectivity index (χ2n) is 7.28. The lowest BCUT2D eigenvalue weighted by Gasteiger charge is -2.21.